The van der Waals surface area contributed by atoms with E-state index in [1.54, 1.807) is 42.5 Å². The van der Waals surface area contributed by atoms with Gasteiger partial charge in [-0.1, -0.05) is 29.8 Å². The number of nitrogens with one attached hydrogen (secondary N) is 1. The van der Waals surface area contributed by atoms with Crippen molar-refractivity contribution in [1.29, 1.82) is 0 Å². The van der Waals surface area contributed by atoms with Crippen LogP contribution in [-0.4, -0.2) is 41.7 Å². The maximum absolute atomic E-state index is 13.0. The summed E-state index contributed by atoms with van der Waals surface area (Å²) in [5.41, 5.74) is 2.03. The molecule has 0 atom stereocenters. The van der Waals surface area contributed by atoms with E-state index in [0.29, 0.717) is 46.7 Å². The molecule has 208 valence electrons. The van der Waals surface area contributed by atoms with Gasteiger partial charge in [0.1, 0.15) is 18.9 Å². The van der Waals surface area contributed by atoms with Crippen molar-refractivity contribution in [2.45, 2.75) is 20.5 Å². The average Bonchev–Trinajstić information content (AvgIpc) is 3.17. The van der Waals surface area contributed by atoms with Gasteiger partial charge in [0.15, 0.2) is 11.5 Å². The van der Waals surface area contributed by atoms with E-state index in [1.807, 2.05) is 38.1 Å². The van der Waals surface area contributed by atoms with Gasteiger partial charge in [-0.3, -0.25) is 19.3 Å². The number of hydrogen-bond acceptors (Lipinski definition) is 7. The Labute approximate surface area is 255 Å². The number of amides is 3. The number of ether oxygens (including phenoxy) is 3. The fraction of sp³-hybridized carbons (Fsp3) is 0.207. The van der Waals surface area contributed by atoms with Crippen LogP contribution in [0.4, 0.5) is 10.5 Å². The normalized spacial score (nSPS) is 14.0. The molecule has 0 saturated carbocycles. The smallest absolute Gasteiger partial charge is 0.294 e. The van der Waals surface area contributed by atoms with Gasteiger partial charge in [-0.05, 0) is 102 Å². The number of hydrogen-bond donors (Lipinski definition) is 1. The quantitative estimate of drug-likeness (QED) is 0.171. The van der Waals surface area contributed by atoms with Gasteiger partial charge in [0, 0.05) is 16.3 Å². The summed E-state index contributed by atoms with van der Waals surface area (Å²) in [5, 5.41) is 2.79. The first-order valence-corrected chi connectivity index (χ1v) is 14.7. The number of rotatable bonds is 11. The van der Waals surface area contributed by atoms with E-state index in [0.717, 1.165) is 25.8 Å². The third-order valence-corrected chi connectivity index (χ3v) is 7.66. The molecule has 0 aliphatic carbocycles. The lowest BCUT2D eigenvalue weighted by molar-refractivity contribution is -0.127. The number of halogens is 2. The lowest BCUT2D eigenvalue weighted by Gasteiger charge is -2.15. The summed E-state index contributed by atoms with van der Waals surface area (Å²) in [7, 11) is 0. The molecule has 4 rings (SSSR count). The monoisotopic (exact) mass is 692 g/mol. The molecule has 0 unspecified atom stereocenters. The fourth-order valence-electron chi connectivity index (χ4n) is 3.77. The van der Waals surface area contributed by atoms with Crippen LogP contribution < -0.4 is 19.5 Å². The Kier molecular flexibility index (Phi) is 10.3. The first-order chi connectivity index (χ1) is 19.3. The summed E-state index contributed by atoms with van der Waals surface area (Å²) >= 11 is 9.18. The number of imide groups is 1. The van der Waals surface area contributed by atoms with Crippen LogP contribution in [0, 0.1) is 3.57 Å². The third kappa shape index (κ3) is 7.49. The molecule has 3 aromatic rings. The van der Waals surface area contributed by atoms with Gasteiger partial charge in [-0.25, -0.2) is 0 Å². The van der Waals surface area contributed by atoms with Gasteiger partial charge < -0.3 is 19.5 Å². The van der Waals surface area contributed by atoms with Crippen molar-refractivity contribution < 1.29 is 28.6 Å². The van der Waals surface area contributed by atoms with Crippen LogP contribution in [0.5, 0.6) is 17.2 Å². The van der Waals surface area contributed by atoms with Gasteiger partial charge >= 0.3 is 0 Å². The SMILES string of the molecule is CCOc1ccc(NC(=O)CN2C(=O)S/C(=C/c3cc(I)c(OCc4ccccc4Cl)c(OCC)c3)C2=O)cc1. The summed E-state index contributed by atoms with van der Waals surface area (Å²) < 4.78 is 18.0. The molecule has 0 aromatic heterocycles. The largest absolute Gasteiger partial charge is 0.494 e. The van der Waals surface area contributed by atoms with E-state index in [1.165, 1.54) is 0 Å². The first-order valence-electron chi connectivity index (χ1n) is 12.4. The van der Waals surface area contributed by atoms with Crippen molar-refractivity contribution in [3.63, 3.8) is 0 Å². The van der Waals surface area contributed by atoms with Crippen LogP contribution in [0.1, 0.15) is 25.0 Å². The molecule has 3 aromatic carbocycles. The lowest BCUT2D eigenvalue weighted by atomic mass is 10.1. The number of thioether (sulfide) groups is 1. The Morgan fingerprint density at radius 2 is 1.75 bits per heavy atom. The van der Waals surface area contributed by atoms with Crippen molar-refractivity contribution in [3.8, 4) is 17.2 Å². The van der Waals surface area contributed by atoms with Gasteiger partial charge in [0.25, 0.3) is 11.1 Å². The van der Waals surface area contributed by atoms with Crippen molar-refractivity contribution in [3.05, 3.63) is 85.3 Å². The zero-order valence-corrected chi connectivity index (χ0v) is 25.5. The molecule has 11 heteroatoms. The zero-order valence-electron chi connectivity index (χ0n) is 21.7. The Morgan fingerprint density at radius 1 is 1.02 bits per heavy atom. The highest BCUT2D eigenvalue weighted by molar-refractivity contribution is 14.1. The fourth-order valence-corrected chi connectivity index (χ4v) is 5.58. The first kappa shape index (κ1) is 29.8. The van der Waals surface area contributed by atoms with Crippen LogP contribution in [-0.2, 0) is 16.2 Å². The molecule has 0 radical (unpaired) electrons. The molecule has 1 N–H and O–H groups in total. The highest BCUT2D eigenvalue weighted by Gasteiger charge is 2.36. The minimum atomic E-state index is -0.538. The molecule has 0 spiro atoms. The van der Waals surface area contributed by atoms with E-state index < -0.39 is 23.6 Å². The number of carbonyl (C=O) groups is 3. The number of nitrogens with zero attached hydrogens (tertiary/aromatic N) is 1. The number of benzene rings is 3. The maximum atomic E-state index is 13.0. The molecule has 40 heavy (non-hydrogen) atoms. The molecule has 8 nitrogen and oxygen atoms in total. The van der Waals surface area contributed by atoms with Gasteiger partial charge in [-0.2, -0.15) is 0 Å². The van der Waals surface area contributed by atoms with Crippen LogP contribution in [0.25, 0.3) is 6.08 Å². The van der Waals surface area contributed by atoms with Crippen molar-refractivity contribution >= 4 is 74.8 Å². The van der Waals surface area contributed by atoms with E-state index in [4.69, 9.17) is 25.8 Å². The predicted octanol–water partition coefficient (Wildman–Crippen LogP) is 7.00. The Bertz CT molecular complexity index is 1450. The van der Waals surface area contributed by atoms with E-state index in [-0.39, 0.29) is 11.5 Å². The van der Waals surface area contributed by atoms with Gasteiger partial charge in [-0.15, -0.1) is 0 Å². The zero-order chi connectivity index (χ0) is 28.6. The molecule has 0 bridgehead atoms. The minimum Gasteiger partial charge on any atom is -0.494 e. The Balaban J connectivity index is 1.46. The molecular formula is C29H26ClIN2O6S. The van der Waals surface area contributed by atoms with Gasteiger partial charge in [0.05, 0.1) is 21.7 Å². The molecule has 1 saturated heterocycles. The minimum absolute atomic E-state index is 0.210. The second kappa shape index (κ2) is 13.9. The van der Waals surface area contributed by atoms with Crippen molar-refractivity contribution in [2.75, 3.05) is 25.1 Å². The van der Waals surface area contributed by atoms with Crippen LogP contribution in [0.2, 0.25) is 5.02 Å². The summed E-state index contributed by atoms with van der Waals surface area (Å²) in [4.78, 5) is 39.3. The maximum Gasteiger partial charge on any atom is 0.294 e. The van der Waals surface area contributed by atoms with Crippen molar-refractivity contribution in [1.82, 2.24) is 4.90 Å². The van der Waals surface area contributed by atoms with E-state index in [9.17, 15) is 14.4 Å². The molecule has 1 aliphatic rings. The van der Waals surface area contributed by atoms with Crippen LogP contribution >= 0.6 is 46.0 Å². The Morgan fingerprint density at radius 3 is 2.45 bits per heavy atom. The second-order valence-electron chi connectivity index (χ2n) is 8.42. The van der Waals surface area contributed by atoms with Gasteiger partial charge in [0.2, 0.25) is 5.91 Å². The van der Waals surface area contributed by atoms with E-state index in [2.05, 4.69) is 27.9 Å². The van der Waals surface area contributed by atoms with Crippen LogP contribution in [0.15, 0.2) is 65.6 Å². The highest BCUT2D eigenvalue weighted by Crippen LogP contribution is 2.38. The summed E-state index contributed by atoms with van der Waals surface area (Å²) in [6, 6.07) is 17.8. The lowest BCUT2D eigenvalue weighted by Crippen LogP contribution is -2.36. The standard InChI is InChI=1S/C29H26ClIN2O6S/c1-3-37-21-11-9-20(10-12-21)32-26(34)16-33-28(35)25(40-29(33)36)15-18-13-23(31)27(24(14-18)38-4-2)39-17-19-7-5-6-8-22(19)30/h5-15H,3-4,16-17H2,1-2H3,(H,32,34)/b25-15+. The third-order valence-electron chi connectivity index (χ3n) is 5.58. The summed E-state index contributed by atoms with van der Waals surface area (Å²) in [5.74, 6) is 0.712. The van der Waals surface area contributed by atoms with Crippen molar-refractivity contribution in [2.24, 2.45) is 0 Å². The molecule has 3 amide bonds. The van der Waals surface area contributed by atoms with E-state index >= 15 is 0 Å². The number of anilines is 1. The molecular weight excluding hydrogens is 667 g/mol. The molecule has 1 heterocycles. The topological polar surface area (TPSA) is 94.2 Å². The second-order valence-corrected chi connectivity index (χ2v) is 11.0. The predicted molar refractivity (Wildman–Crippen MR) is 165 cm³/mol. The summed E-state index contributed by atoms with van der Waals surface area (Å²) in [6.07, 6.45) is 1.61. The summed E-state index contributed by atoms with van der Waals surface area (Å²) in [6.45, 7) is 4.54. The highest BCUT2D eigenvalue weighted by atomic mass is 127. The molecule has 1 fully saturated rings. The Hall–Kier alpha value is -3.22. The van der Waals surface area contributed by atoms with Crippen LogP contribution in [0.3, 0.4) is 0 Å². The average molecular weight is 693 g/mol. The molecule has 1 aliphatic heterocycles. The number of carbonyl (C=O) groups excluding carboxylic acids is 3.